The zero-order chi connectivity index (χ0) is 12.4. The van der Waals surface area contributed by atoms with Gasteiger partial charge in [0, 0.05) is 18.7 Å². The largest absolute Gasteiger partial charge is 0.336 e. The maximum atomic E-state index is 13.5. The van der Waals surface area contributed by atoms with Gasteiger partial charge in [-0.2, -0.15) is 0 Å². The standard InChI is InChI=1S/C13H15F2NO/c1-9-4-2-3-7-16(9)13(17)11-6-5-10(14)8-12(11)15/h5-6,8-9H,2-4,7H2,1H3/t9-/m0/s1. The molecule has 0 saturated carbocycles. The van der Waals surface area contributed by atoms with E-state index in [2.05, 4.69) is 0 Å². The third-order valence-corrected chi connectivity index (χ3v) is 3.23. The van der Waals surface area contributed by atoms with E-state index in [1.54, 1.807) is 4.90 Å². The Morgan fingerprint density at radius 1 is 1.35 bits per heavy atom. The molecular weight excluding hydrogens is 224 g/mol. The van der Waals surface area contributed by atoms with Gasteiger partial charge in [-0.3, -0.25) is 4.79 Å². The van der Waals surface area contributed by atoms with E-state index in [1.807, 2.05) is 6.92 Å². The van der Waals surface area contributed by atoms with Gasteiger partial charge in [-0.25, -0.2) is 8.78 Å². The molecule has 1 aromatic rings. The highest BCUT2D eigenvalue weighted by Gasteiger charge is 2.26. The summed E-state index contributed by atoms with van der Waals surface area (Å²) in [5.41, 5.74) is -0.0415. The fourth-order valence-electron chi connectivity index (χ4n) is 2.22. The first kappa shape index (κ1) is 12.0. The van der Waals surface area contributed by atoms with Gasteiger partial charge in [-0.05, 0) is 38.3 Å². The van der Waals surface area contributed by atoms with Gasteiger partial charge in [0.1, 0.15) is 11.6 Å². The van der Waals surface area contributed by atoms with Crippen LogP contribution in [0.2, 0.25) is 0 Å². The Morgan fingerprint density at radius 3 is 2.76 bits per heavy atom. The average molecular weight is 239 g/mol. The zero-order valence-corrected chi connectivity index (χ0v) is 9.75. The van der Waals surface area contributed by atoms with Crippen LogP contribution >= 0.6 is 0 Å². The first-order chi connectivity index (χ1) is 8.09. The van der Waals surface area contributed by atoms with Crippen molar-refractivity contribution in [3.63, 3.8) is 0 Å². The van der Waals surface area contributed by atoms with E-state index in [4.69, 9.17) is 0 Å². The predicted octanol–water partition coefficient (Wildman–Crippen LogP) is 2.98. The number of likely N-dealkylation sites (tertiary alicyclic amines) is 1. The quantitative estimate of drug-likeness (QED) is 0.737. The summed E-state index contributed by atoms with van der Waals surface area (Å²) in [5.74, 6) is -1.78. The van der Waals surface area contributed by atoms with Crippen molar-refractivity contribution >= 4 is 5.91 Å². The van der Waals surface area contributed by atoms with Gasteiger partial charge >= 0.3 is 0 Å². The molecule has 0 bridgehead atoms. The van der Waals surface area contributed by atoms with Crippen molar-refractivity contribution in [3.8, 4) is 0 Å². The van der Waals surface area contributed by atoms with Crippen molar-refractivity contribution in [2.24, 2.45) is 0 Å². The van der Waals surface area contributed by atoms with Gasteiger partial charge in [-0.15, -0.1) is 0 Å². The minimum Gasteiger partial charge on any atom is -0.336 e. The Hall–Kier alpha value is -1.45. The van der Waals surface area contributed by atoms with E-state index in [0.29, 0.717) is 6.54 Å². The van der Waals surface area contributed by atoms with Crippen molar-refractivity contribution in [1.82, 2.24) is 4.90 Å². The molecule has 2 nitrogen and oxygen atoms in total. The number of carbonyl (C=O) groups is 1. The highest BCUT2D eigenvalue weighted by molar-refractivity contribution is 5.94. The molecule has 1 heterocycles. The molecule has 2 rings (SSSR count). The molecule has 4 heteroatoms. The van der Waals surface area contributed by atoms with E-state index >= 15 is 0 Å². The number of rotatable bonds is 1. The summed E-state index contributed by atoms with van der Waals surface area (Å²) in [5, 5.41) is 0. The number of halogens is 2. The van der Waals surface area contributed by atoms with Crippen molar-refractivity contribution in [2.75, 3.05) is 6.54 Å². The molecular formula is C13H15F2NO. The minimum atomic E-state index is -0.784. The topological polar surface area (TPSA) is 20.3 Å². The molecule has 0 radical (unpaired) electrons. The van der Waals surface area contributed by atoms with Crippen LogP contribution in [-0.4, -0.2) is 23.4 Å². The lowest BCUT2D eigenvalue weighted by atomic mass is 10.0. The molecule has 1 amide bonds. The lowest BCUT2D eigenvalue weighted by molar-refractivity contribution is 0.0630. The van der Waals surface area contributed by atoms with Gasteiger partial charge in [0.25, 0.3) is 5.91 Å². The highest BCUT2D eigenvalue weighted by atomic mass is 19.1. The first-order valence-corrected chi connectivity index (χ1v) is 5.85. The smallest absolute Gasteiger partial charge is 0.257 e. The van der Waals surface area contributed by atoms with Crippen LogP contribution in [0.15, 0.2) is 18.2 Å². The maximum absolute atomic E-state index is 13.5. The number of piperidine rings is 1. The third kappa shape index (κ3) is 2.46. The van der Waals surface area contributed by atoms with Crippen molar-refractivity contribution < 1.29 is 13.6 Å². The van der Waals surface area contributed by atoms with Crippen LogP contribution in [-0.2, 0) is 0 Å². The normalized spacial score (nSPS) is 20.4. The Kier molecular flexibility index (Phi) is 3.41. The monoisotopic (exact) mass is 239 g/mol. The van der Waals surface area contributed by atoms with E-state index in [-0.39, 0.29) is 17.5 Å². The maximum Gasteiger partial charge on any atom is 0.257 e. The summed E-state index contributed by atoms with van der Waals surface area (Å²) >= 11 is 0. The molecule has 0 unspecified atom stereocenters. The summed E-state index contributed by atoms with van der Waals surface area (Å²) in [6.45, 7) is 2.61. The van der Waals surface area contributed by atoms with Crippen LogP contribution in [0.4, 0.5) is 8.78 Å². The predicted molar refractivity (Wildman–Crippen MR) is 60.7 cm³/mol. The molecule has 0 N–H and O–H groups in total. The van der Waals surface area contributed by atoms with E-state index < -0.39 is 11.6 Å². The van der Waals surface area contributed by atoms with Crippen molar-refractivity contribution in [3.05, 3.63) is 35.4 Å². The van der Waals surface area contributed by atoms with Crippen LogP contribution in [0, 0.1) is 11.6 Å². The Morgan fingerprint density at radius 2 is 2.12 bits per heavy atom. The summed E-state index contributed by atoms with van der Waals surface area (Å²) < 4.78 is 26.3. The Balaban J connectivity index is 2.24. The molecule has 0 spiro atoms. The van der Waals surface area contributed by atoms with Crippen molar-refractivity contribution in [2.45, 2.75) is 32.2 Å². The Labute approximate surface area is 99.2 Å². The van der Waals surface area contributed by atoms with Crippen LogP contribution in [0.1, 0.15) is 36.5 Å². The number of nitrogens with zero attached hydrogens (tertiary/aromatic N) is 1. The third-order valence-electron chi connectivity index (χ3n) is 3.23. The van der Waals surface area contributed by atoms with Gasteiger partial charge in [0.2, 0.25) is 0 Å². The van der Waals surface area contributed by atoms with Crippen LogP contribution < -0.4 is 0 Å². The van der Waals surface area contributed by atoms with Gasteiger partial charge in [-0.1, -0.05) is 0 Å². The highest BCUT2D eigenvalue weighted by Crippen LogP contribution is 2.20. The molecule has 17 heavy (non-hydrogen) atoms. The number of hydrogen-bond donors (Lipinski definition) is 0. The van der Waals surface area contributed by atoms with E-state index in [1.165, 1.54) is 6.07 Å². The lowest BCUT2D eigenvalue weighted by Gasteiger charge is -2.33. The van der Waals surface area contributed by atoms with Gasteiger partial charge < -0.3 is 4.90 Å². The molecule has 0 aromatic heterocycles. The number of benzene rings is 1. The lowest BCUT2D eigenvalue weighted by Crippen LogP contribution is -2.42. The number of amides is 1. The SMILES string of the molecule is C[C@H]1CCCCN1C(=O)c1ccc(F)cc1F. The second-order valence-electron chi connectivity index (χ2n) is 4.47. The molecule has 0 aliphatic carbocycles. The van der Waals surface area contributed by atoms with Gasteiger partial charge in [0.05, 0.1) is 5.56 Å². The molecule has 1 aliphatic heterocycles. The summed E-state index contributed by atoms with van der Waals surface area (Å²) in [7, 11) is 0. The Bertz CT molecular complexity index is 433. The number of carbonyl (C=O) groups excluding carboxylic acids is 1. The average Bonchev–Trinajstić information content (AvgIpc) is 2.29. The van der Waals surface area contributed by atoms with Crippen molar-refractivity contribution in [1.29, 1.82) is 0 Å². The number of hydrogen-bond acceptors (Lipinski definition) is 1. The van der Waals surface area contributed by atoms with E-state index in [9.17, 15) is 13.6 Å². The van der Waals surface area contributed by atoms with Crippen LogP contribution in [0.3, 0.4) is 0 Å². The first-order valence-electron chi connectivity index (χ1n) is 5.85. The summed E-state index contributed by atoms with van der Waals surface area (Å²) in [6.07, 6.45) is 2.98. The molecule has 1 fully saturated rings. The fraction of sp³-hybridized carbons (Fsp3) is 0.462. The molecule has 92 valence electrons. The second kappa shape index (κ2) is 4.82. The van der Waals surface area contributed by atoms with Crippen LogP contribution in [0.25, 0.3) is 0 Å². The summed E-state index contributed by atoms with van der Waals surface area (Å²) in [4.78, 5) is 13.8. The molecule has 1 aliphatic rings. The van der Waals surface area contributed by atoms with Crippen LogP contribution in [0.5, 0.6) is 0 Å². The summed E-state index contributed by atoms with van der Waals surface area (Å²) in [6, 6.07) is 3.21. The molecule has 1 saturated heterocycles. The second-order valence-corrected chi connectivity index (χ2v) is 4.47. The molecule has 1 atom stereocenters. The minimum absolute atomic E-state index is 0.0415. The zero-order valence-electron chi connectivity index (χ0n) is 9.75. The fourth-order valence-corrected chi connectivity index (χ4v) is 2.22. The molecule has 1 aromatic carbocycles. The van der Waals surface area contributed by atoms with Gasteiger partial charge in [0.15, 0.2) is 0 Å². The van der Waals surface area contributed by atoms with E-state index in [0.717, 1.165) is 31.4 Å².